The molecule has 0 bridgehead atoms. The van der Waals surface area contributed by atoms with Crippen LogP contribution in [0.4, 0.5) is 0 Å². The lowest BCUT2D eigenvalue weighted by Crippen LogP contribution is -2.37. The van der Waals surface area contributed by atoms with Crippen LogP contribution < -0.4 is 5.32 Å². The van der Waals surface area contributed by atoms with Crippen LogP contribution in [0.5, 0.6) is 0 Å². The van der Waals surface area contributed by atoms with Crippen molar-refractivity contribution in [2.24, 2.45) is 5.92 Å². The van der Waals surface area contributed by atoms with Crippen molar-refractivity contribution in [2.45, 2.75) is 32.4 Å². The Hall–Kier alpha value is -0.870. The molecule has 2 atom stereocenters. The lowest BCUT2D eigenvalue weighted by Gasteiger charge is -2.25. The minimum absolute atomic E-state index is 0.439. The highest BCUT2D eigenvalue weighted by Crippen LogP contribution is 2.17. The smallest absolute Gasteiger partial charge is 0.108 e. The molecule has 0 amide bonds. The molecular weight excluding hydrogens is 202 g/mol. The number of imidazole rings is 1. The maximum Gasteiger partial charge on any atom is 0.108 e. The molecule has 1 aliphatic rings. The first kappa shape index (κ1) is 11.6. The number of hydrogen-bond acceptors (Lipinski definition) is 3. The Bertz CT molecular complexity index is 324. The molecule has 4 heteroatoms. The van der Waals surface area contributed by atoms with Crippen molar-refractivity contribution in [3.05, 3.63) is 18.2 Å². The summed E-state index contributed by atoms with van der Waals surface area (Å²) in [6.45, 7) is 5.11. The lowest BCUT2D eigenvalue weighted by atomic mass is 9.99. The second kappa shape index (κ2) is 5.46. The van der Waals surface area contributed by atoms with Crippen molar-refractivity contribution in [3.8, 4) is 0 Å². The van der Waals surface area contributed by atoms with E-state index in [1.54, 1.807) is 7.11 Å². The molecule has 2 unspecified atom stereocenters. The topological polar surface area (TPSA) is 39.1 Å². The summed E-state index contributed by atoms with van der Waals surface area (Å²) in [5.74, 6) is 1.96. The standard InChI is InChI=1S/C12H21N3O/c1-10(9-16-2)14-7-11-3-4-12-13-5-6-15(12)8-11/h5-6,10-11,14H,3-4,7-9H2,1-2H3. The monoisotopic (exact) mass is 223 g/mol. The molecule has 0 saturated carbocycles. The highest BCUT2D eigenvalue weighted by atomic mass is 16.5. The van der Waals surface area contributed by atoms with Gasteiger partial charge in [0.25, 0.3) is 0 Å². The molecular formula is C12H21N3O. The molecule has 90 valence electrons. The Morgan fingerprint density at radius 2 is 2.56 bits per heavy atom. The van der Waals surface area contributed by atoms with E-state index in [9.17, 15) is 0 Å². The third-order valence-electron chi connectivity index (χ3n) is 3.20. The lowest BCUT2D eigenvalue weighted by molar-refractivity contribution is 0.168. The van der Waals surface area contributed by atoms with Crippen LogP contribution in [0.1, 0.15) is 19.2 Å². The molecule has 0 fully saturated rings. The fourth-order valence-corrected chi connectivity index (χ4v) is 2.28. The summed E-state index contributed by atoms with van der Waals surface area (Å²) in [6.07, 6.45) is 6.33. The number of methoxy groups -OCH3 is 1. The van der Waals surface area contributed by atoms with Gasteiger partial charge in [0.1, 0.15) is 5.82 Å². The van der Waals surface area contributed by atoms with Gasteiger partial charge in [-0.1, -0.05) is 0 Å². The summed E-state index contributed by atoms with van der Waals surface area (Å²) in [4.78, 5) is 4.34. The first-order chi connectivity index (χ1) is 7.79. The van der Waals surface area contributed by atoms with Crippen LogP contribution in [-0.2, 0) is 17.7 Å². The van der Waals surface area contributed by atoms with Gasteiger partial charge in [0.05, 0.1) is 6.61 Å². The molecule has 2 heterocycles. The van der Waals surface area contributed by atoms with Crippen LogP contribution in [0.25, 0.3) is 0 Å². The largest absolute Gasteiger partial charge is 0.383 e. The number of rotatable bonds is 5. The zero-order chi connectivity index (χ0) is 11.4. The number of hydrogen-bond donors (Lipinski definition) is 1. The molecule has 0 aromatic carbocycles. The quantitative estimate of drug-likeness (QED) is 0.811. The predicted molar refractivity (Wildman–Crippen MR) is 63.4 cm³/mol. The Balaban J connectivity index is 1.77. The Labute approximate surface area is 97.0 Å². The zero-order valence-corrected chi connectivity index (χ0v) is 10.1. The van der Waals surface area contributed by atoms with Crippen LogP contribution in [0, 0.1) is 5.92 Å². The van der Waals surface area contributed by atoms with Gasteiger partial charge in [-0.2, -0.15) is 0 Å². The van der Waals surface area contributed by atoms with Crippen LogP contribution in [0.3, 0.4) is 0 Å². The molecule has 4 nitrogen and oxygen atoms in total. The van der Waals surface area contributed by atoms with E-state index in [1.807, 2.05) is 6.20 Å². The SMILES string of the molecule is COCC(C)NCC1CCc2nccn2C1. The second-order valence-electron chi connectivity index (χ2n) is 4.67. The van der Waals surface area contributed by atoms with E-state index < -0.39 is 0 Å². The first-order valence-corrected chi connectivity index (χ1v) is 6.02. The van der Waals surface area contributed by atoms with Crippen molar-refractivity contribution in [1.82, 2.24) is 14.9 Å². The number of ether oxygens (including phenoxy) is 1. The first-order valence-electron chi connectivity index (χ1n) is 6.02. The van der Waals surface area contributed by atoms with E-state index >= 15 is 0 Å². The highest BCUT2D eigenvalue weighted by molar-refractivity contribution is 4.96. The molecule has 0 radical (unpaired) electrons. The molecule has 1 aliphatic heterocycles. The number of fused-ring (bicyclic) bond motifs is 1. The van der Waals surface area contributed by atoms with Crippen LogP contribution in [-0.4, -0.2) is 35.9 Å². The summed E-state index contributed by atoms with van der Waals surface area (Å²) >= 11 is 0. The Morgan fingerprint density at radius 1 is 1.69 bits per heavy atom. The van der Waals surface area contributed by atoms with Gasteiger partial charge in [-0.3, -0.25) is 0 Å². The van der Waals surface area contributed by atoms with Gasteiger partial charge in [0.15, 0.2) is 0 Å². The number of aryl methyl sites for hydroxylation is 1. The summed E-state index contributed by atoms with van der Waals surface area (Å²) in [5.41, 5.74) is 0. The second-order valence-corrected chi connectivity index (χ2v) is 4.67. The predicted octanol–water partition coefficient (Wildman–Crippen LogP) is 1.07. The molecule has 0 aliphatic carbocycles. The van der Waals surface area contributed by atoms with Crippen LogP contribution in [0.15, 0.2) is 12.4 Å². The maximum absolute atomic E-state index is 5.11. The van der Waals surface area contributed by atoms with Gasteiger partial charge < -0.3 is 14.6 Å². The molecule has 0 saturated heterocycles. The van der Waals surface area contributed by atoms with Crippen LogP contribution >= 0.6 is 0 Å². The summed E-state index contributed by atoms with van der Waals surface area (Å²) in [6, 6.07) is 0.439. The summed E-state index contributed by atoms with van der Waals surface area (Å²) in [7, 11) is 1.75. The highest BCUT2D eigenvalue weighted by Gasteiger charge is 2.18. The average molecular weight is 223 g/mol. The van der Waals surface area contributed by atoms with Gasteiger partial charge in [-0.15, -0.1) is 0 Å². The Morgan fingerprint density at radius 3 is 3.38 bits per heavy atom. The number of nitrogens with one attached hydrogen (secondary N) is 1. The van der Waals surface area contributed by atoms with E-state index in [0.29, 0.717) is 6.04 Å². The molecule has 1 N–H and O–H groups in total. The van der Waals surface area contributed by atoms with Gasteiger partial charge >= 0.3 is 0 Å². The van der Waals surface area contributed by atoms with Crippen molar-refractivity contribution < 1.29 is 4.74 Å². The number of nitrogens with zero attached hydrogens (tertiary/aromatic N) is 2. The Kier molecular flexibility index (Phi) is 3.96. The summed E-state index contributed by atoms with van der Waals surface area (Å²) in [5, 5.41) is 3.52. The number of aromatic nitrogens is 2. The fourth-order valence-electron chi connectivity index (χ4n) is 2.28. The van der Waals surface area contributed by atoms with Crippen molar-refractivity contribution in [2.75, 3.05) is 20.3 Å². The van der Waals surface area contributed by atoms with Crippen molar-refractivity contribution in [1.29, 1.82) is 0 Å². The van der Waals surface area contributed by atoms with E-state index in [0.717, 1.165) is 32.0 Å². The molecule has 0 spiro atoms. The van der Waals surface area contributed by atoms with E-state index in [4.69, 9.17) is 4.74 Å². The third kappa shape index (κ3) is 2.83. The van der Waals surface area contributed by atoms with E-state index in [1.165, 1.54) is 12.2 Å². The molecule has 2 rings (SSSR count). The summed E-state index contributed by atoms with van der Waals surface area (Å²) < 4.78 is 7.38. The van der Waals surface area contributed by atoms with Gasteiger partial charge in [0.2, 0.25) is 0 Å². The fraction of sp³-hybridized carbons (Fsp3) is 0.750. The molecule has 1 aromatic heterocycles. The van der Waals surface area contributed by atoms with Gasteiger partial charge in [-0.25, -0.2) is 4.98 Å². The van der Waals surface area contributed by atoms with Crippen molar-refractivity contribution in [3.63, 3.8) is 0 Å². The average Bonchev–Trinajstić information content (AvgIpc) is 2.74. The third-order valence-corrected chi connectivity index (χ3v) is 3.20. The molecule has 1 aromatic rings. The van der Waals surface area contributed by atoms with Gasteiger partial charge in [0, 0.05) is 45.1 Å². The minimum atomic E-state index is 0.439. The zero-order valence-electron chi connectivity index (χ0n) is 10.1. The van der Waals surface area contributed by atoms with Crippen molar-refractivity contribution >= 4 is 0 Å². The maximum atomic E-state index is 5.11. The van der Waals surface area contributed by atoms with Gasteiger partial charge in [-0.05, 0) is 19.3 Å². The van der Waals surface area contributed by atoms with E-state index in [2.05, 4.69) is 28.0 Å². The van der Waals surface area contributed by atoms with E-state index in [-0.39, 0.29) is 0 Å². The normalized spacial score (nSPS) is 21.8. The van der Waals surface area contributed by atoms with Crippen LogP contribution in [0.2, 0.25) is 0 Å². The molecule has 16 heavy (non-hydrogen) atoms. The minimum Gasteiger partial charge on any atom is -0.383 e.